The molecule has 2 rings (SSSR count). The Hall–Kier alpha value is -2.31. The third-order valence-electron chi connectivity index (χ3n) is 3.36. The van der Waals surface area contributed by atoms with Crippen LogP contribution in [0.15, 0.2) is 22.8 Å². The van der Waals surface area contributed by atoms with Gasteiger partial charge in [0.1, 0.15) is 6.04 Å². The minimum absolute atomic E-state index is 0.0419. The molecule has 0 radical (unpaired) electrons. The summed E-state index contributed by atoms with van der Waals surface area (Å²) in [5, 5.41) is 5.04. The summed E-state index contributed by atoms with van der Waals surface area (Å²) in [4.78, 5) is 37.1. The number of nitrogens with one attached hydrogen (secondary N) is 2. The first-order valence-electron chi connectivity index (χ1n) is 6.98. The van der Waals surface area contributed by atoms with Crippen molar-refractivity contribution in [2.75, 3.05) is 19.6 Å². The predicted molar refractivity (Wildman–Crippen MR) is 74.5 cm³/mol. The number of furan rings is 1. The molecule has 0 aliphatic carbocycles. The number of nitrogens with zero attached hydrogens (tertiary/aromatic N) is 1. The third kappa shape index (κ3) is 4.08. The molecule has 1 unspecified atom stereocenters. The van der Waals surface area contributed by atoms with Crippen LogP contribution in [-0.4, -0.2) is 48.3 Å². The molecule has 0 saturated carbocycles. The summed E-state index contributed by atoms with van der Waals surface area (Å²) in [5.74, 6) is -0.816. The van der Waals surface area contributed by atoms with Crippen molar-refractivity contribution in [3.8, 4) is 0 Å². The lowest BCUT2D eigenvalue weighted by atomic mass is 10.3. The molecule has 3 amide bonds. The fourth-order valence-electron chi connectivity index (χ4n) is 2.14. The second-order valence-electron chi connectivity index (χ2n) is 4.98. The van der Waals surface area contributed by atoms with Gasteiger partial charge in [0.15, 0.2) is 5.76 Å². The van der Waals surface area contributed by atoms with Gasteiger partial charge in [-0.3, -0.25) is 14.4 Å². The lowest BCUT2D eigenvalue weighted by Crippen LogP contribution is -2.47. The van der Waals surface area contributed by atoms with Gasteiger partial charge in [0, 0.05) is 13.1 Å². The van der Waals surface area contributed by atoms with Crippen LogP contribution in [0.25, 0.3) is 0 Å². The van der Waals surface area contributed by atoms with E-state index in [4.69, 9.17) is 4.42 Å². The second kappa shape index (κ2) is 6.92. The van der Waals surface area contributed by atoms with Crippen LogP contribution in [-0.2, 0) is 9.59 Å². The summed E-state index contributed by atoms with van der Waals surface area (Å²) >= 11 is 0. The molecule has 7 heteroatoms. The Morgan fingerprint density at radius 3 is 2.67 bits per heavy atom. The molecule has 2 heterocycles. The monoisotopic (exact) mass is 293 g/mol. The highest BCUT2D eigenvalue weighted by molar-refractivity contribution is 5.96. The highest BCUT2D eigenvalue weighted by atomic mass is 16.3. The van der Waals surface area contributed by atoms with E-state index in [0.717, 1.165) is 25.9 Å². The van der Waals surface area contributed by atoms with Crippen LogP contribution in [0.3, 0.4) is 0 Å². The van der Waals surface area contributed by atoms with Crippen LogP contribution >= 0.6 is 0 Å². The standard InChI is InChI=1S/C14H19N3O4/c1-10(16-14(20)11-5-4-8-21-11)13(19)15-9-12(18)17-6-2-3-7-17/h4-5,8,10H,2-3,6-7,9H2,1H3,(H,15,19)(H,16,20). The van der Waals surface area contributed by atoms with E-state index in [0.29, 0.717) is 0 Å². The lowest BCUT2D eigenvalue weighted by Gasteiger charge is -2.17. The van der Waals surface area contributed by atoms with Crippen LogP contribution in [0.1, 0.15) is 30.3 Å². The molecule has 0 aromatic carbocycles. The van der Waals surface area contributed by atoms with E-state index in [2.05, 4.69) is 10.6 Å². The second-order valence-corrected chi connectivity index (χ2v) is 4.98. The highest BCUT2D eigenvalue weighted by Gasteiger charge is 2.21. The molecule has 1 aromatic rings. The summed E-state index contributed by atoms with van der Waals surface area (Å²) < 4.78 is 4.94. The smallest absolute Gasteiger partial charge is 0.287 e. The van der Waals surface area contributed by atoms with E-state index in [1.165, 1.54) is 12.3 Å². The molecule has 114 valence electrons. The van der Waals surface area contributed by atoms with E-state index >= 15 is 0 Å². The largest absolute Gasteiger partial charge is 0.459 e. The molecule has 1 aliphatic rings. The maximum absolute atomic E-state index is 11.8. The topological polar surface area (TPSA) is 91.6 Å². The number of amides is 3. The van der Waals surface area contributed by atoms with Gasteiger partial charge >= 0.3 is 0 Å². The van der Waals surface area contributed by atoms with Gasteiger partial charge in [-0.05, 0) is 31.9 Å². The quantitative estimate of drug-likeness (QED) is 0.807. The van der Waals surface area contributed by atoms with Crippen LogP contribution in [0.4, 0.5) is 0 Å². The van der Waals surface area contributed by atoms with E-state index in [9.17, 15) is 14.4 Å². The van der Waals surface area contributed by atoms with Crippen LogP contribution < -0.4 is 10.6 Å². The van der Waals surface area contributed by atoms with Gasteiger partial charge in [0.25, 0.3) is 5.91 Å². The van der Waals surface area contributed by atoms with Crippen molar-refractivity contribution >= 4 is 17.7 Å². The molecule has 1 fully saturated rings. The van der Waals surface area contributed by atoms with Crippen molar-refractivity contribution in [1.82, 2.24) is 15.5 Å². The zero-order valence-corrected chi connectivity index (χ0v) is 11.9. The fourth-order valence-corrected chi connectivity index (χ4v) is 2.14. The van der Waals surface area contributed by atoms with Gasteiger partial charge in [-0.1, -0.05) is 0 Å². The summed E-state index contributed by atoms with van der Waals surface area (Å²) in [6, 6.07) is 2.36. The Morgan fingerprint density at radius 1 is 1.33 bits per heavy atom. The van der Waals surface area contributed by atoms with Gasteiger partial charge in [-0.2, -0.15) is 0 Å². The Bertz CT molecular complexity index is 506. The number of likely N-dealkylation sites (tertiary alicyclic amines) is 1. The fraction of sp³-hybridized carbons (Fsp3) is 0.500. The normalized spacial score (nSPS) is 15.6. The van der Waals surface area contributed by atoms with Crippen LogP contribution in [0.2, 0.25) is 0 Å². The average Bonchev–Trinajstić information content (AvgIpc) is 3.15. The molecule has 0 bridgehead atoms. The third-order valence-corrected chi connectivity index (χ3v) is 3.36. The molecule has 2 N–H and O–H groups in total. The van der Waals surface area contributed by atoms with Gasteiger partial charge < -0.3 is 20.0 Å². The minimum atomic E-state index is -0.742. The predicted octanol–water partition coefficient (Wildman–Crippen LogP) is 0.137. The first kappa shape index (κ1) is 15.1. The molecule has 1 atom stereocenters. The Morgan fingerprint density at radius 2 is 2.05 bits per heavy atom. The number of rotatable bonds is 5. The highest BCUT2D eigenvalue weighted by Crippen LogP contribution is 2.06. The van der Waals surface area contributed by atoms with E-state index in [-0.39, 0.29) is 18.2 Å². The molecule has 0 spiro atoms. The number of hydrogen-bond acceptors (Lipinski definition) is 4. The van der Waals surface area contributed by atoms with E-state index in [1.54, 1.807) is 17.9 Å². The average molecular weight is 293 g/mol. The van der Waals surface area contributed by atoms with Crippen molar-refractivity contribution < 1.29 is 18.8 Å². The van der Waals surface area contributed by atoms with Gasteiger partial charge in [0.2, 0.25) is 11.8 Å². The van der Waals surface area contributed by atoms with Gasteiger partial charge in [0.05, 0.1) is 12.8 Å². The lowest BCUT2D eigenvalue weighted by molar-refractivity contribution is -0.132. The SMILES string of the molecule is CC(NC(=O)c1ccco1)C(=O)NCC(=O)N1CCCC1. The van der Waals surface area contributed by atoms with Gasteiger partial charge in [-0.15, -0.1) is 0 Å². The van der Waals surface area contributed by atoms with Crippen LogP contribution in [0.5, 0.6) is 0 Å². The molecule has 1 aromatic heterocycles. The molecular formula is C14H19N3O4. The van der Waals surface area contributed by atoms with Crippen molar-refractivity contribution in [3.05, 3.63) is 24.2 Å². The summed E-state index contributed by atoms with van der Waals surface area (Å²) in [5.41, 5.74) is 0. The maximum Gasteiger partial charge on any atom is 0.287 e. The zero-order valence-electron chi connectivity index (χ0n) is 11.9. The number of carbonyl (C=O) groups is 3. The molecule has 1 aliphatic heterocycles. The van der Waals surface area contributed by atoms with Crippen molar-refractivity contribution in [2.45, 2.75) is 25.8 Å². The Labute approximate surface area is 122 Å². The molecule has 1 saturated heterocycles. The van der Waals surface area contributed by atoms with Crippen molar-refractivity contribution in [2.24, 2.45) is 0 Å². The Kier molecular flexibility index (Phi) is 4.97. The zero-order chi connectivity index (χ0) is 15.2. The van der Waals surface area contributed by atoms with Crippen LogP contribution in [0, 0.1) is 0 Å². The number of carbonyl (C=O) groups excluding carboxylic acids is 3. The van der Waals surface area contributed by atoms with Crippen molar-refractivity contribution in [1.29, 1.82) is 0 Å². The molecule has 21 heavy (non-hydrogen) atoms. The molecule has 7 nitrogen and oxygen atoms in total. The molecular weight excluding hydrogens is 274 g/mol. The van der Waals surface area contributed by atoms with E-state index in [1.807, 2.05) is 0 Å². The summed E-state index contributed by atoms with van der Waals surface area (Å²) in [6.45, 7) is 3.01. The van der Waals surface area contributed by atoms with E-state index < -0.39 is 17.9 Å². The number of hydrogen-bond donors (Lipinski definition) is 2. The maximum atomic E-state index is 11.8. The van der Waals surface area contributed by atoms with Gasteiger partial charge in [-0.25, -0.2) is 0 Å². The van der Waals surface area contributed by atoms with Crippen molar-refractivity contribution in [3.63, 3.8) is 0 Å². The first-order chi connectivity index (χ1) is 10.1. The Balaban J connectivity index is 1.74. The summed E-state index contributed by atoms with van der Waals surface area (Å²) in [6.07, 6.45) is 3.40. The summed E-state index contributed by atoms with van der Waals surface area (Å²) in [7, 11) is 0. The minimum Gasteiger partial charge on any atom is -0.459 e. The first-order valence-corrected chi connectivity index (χ1v) is 6.98.